The maximum atomic E-state index is 13.9. The molecule has 2 rings (SSSR count). The highest BCUT2D eigenvalue weighted by atomic mass is 16.6. The lowest BCUT2D eigenvalue weighted by molar-refractivity contribution is -0.141. The van der Waals surface area contributed by atoms with Crippen LogP contribution in [0.3, 0.4) is 0 Å². The average molecular weight is 1050 g/mol. The number of carbonyl (C=O) groups is 9. The van der Waals surface area contributed by atoms with Crippen molar-refractivity contribution in [2.75, 3.05) is 79.0 Å². The van der Waals surface area contributed by atoms with Crippen molar-refractivity contribution in [2.45, 2.75) is 122 Å². The Labute approximate surface area is 432 Å². The molecule has 0 bridgehead atoms. The molecule has 1 saturated heterocycles. The van der Waals surface area contributed by atoms with Crippen LogP contribution in [0.1, 0.15) is 91.5 Å². The smallest absolute Gasteiger partial charge is 0.407 e. The van der Waals surface area contributed by atoms with Crippen molar-refractivity contribution in [3.05, 3.63) is 29.8 Å². The van der Waals surface area contributed by atoms with E-state index in [1.807, 2.05) is 0 Å². The molecule has 13 N–H and O–H groups in total. The first-order chi connectivity index (χ1) is 35.1. The number of hydrogen-bond donors (Lipinski definition) is 11. The van der Waals surface area contributed by atoms with E-state index in [0.717, 1.165) is 0 Å². The van der Waals surface area contributed by atoms with Crippen LogP contribution in [0.2, 0.25) is 0 Å². The van der Waals surface area contributed by atoms with Crippen LogP contribution in [-0.4, -0.2) is 173 Å². The maximum absolute atomic E-state index is 13.9. The fraction of sp³-hybridized carbons (Fsp3) is 0.667. The minimum Gasteiger partial charge on any atom is -0.494 e. The van der Waals surface area contributed by atoms with E-state index in [1.165, 1.54) is 0 Å². The van der Waals surface area contributed by atoms with Crippen LogP contribution in [0, 0.1) is 5.92 Å². The molecule has 26 nitrogen and oxygen atoms in total. The third-order valence-electron chi connectivity index (χ3n) is 10.4. The summed E-state index contributed by atoms with van der Waals surface area (Å²) in [5.41, 5.74) is 10.8. The first kappa shape index (κ1) is 63.3. The highest BCUT2D eigenvalue weighted by molar-refractivity contribution is 5.98. The van der Waals surface area contributed by atoms with Crippen molar-refractivity contribution in [3.8, 4) is 5.75 Å². The lowest BCUT2D eigenvalue weighted by Crippen LogP contribution is -2.59. The second-order valence-corrected chi connectivity index (χ2v) is 18.5. The van der Waals surface area contributed by atoms with Crippen LogP contribution in [0.4, 0.5) is 4.79 Å². The molecule has 8 amide bonds. The molecule has 0 saturated carbocycles. The Morgan fingerprint density at radius 2 is 1.23 bits per heavy atom. The molecule has 1 aliphatic rings. The maximum Gasteiger partial charge on any atom is 0.407 e. The Hall–Kier alpha value is -6.80. The molecule has 0 aliphatic carbocycles. The molecule has 0 unspecified atom stereocenters. The topological polar surface area (TPSA) is 381 Å². The van der Waals surface area contributed by atoms with Gasteiger partial charge in [0, 0.05) is 58.7 Å². The van der Waals surface area contributed by atoms with Crippen LogP contribution in [0.5, 0.6) is 5.75 Å². The summed E-state index contributed by atoms with van der Waals surface area (Å²) in [5.74, 6) is -6.30. The number of aliphatic carboxylic acids is 1. The van der Waals surface area contributed by atoms with Crippen LogP contribution in [0.15, 0.2) is 29.3 Å². The number of amides is 8. The van der Waals surface area contributed by atoms with Crippen molar-refractivity contribution in [2.24, 2.45) is 22.4 Å². The molecule has 416 valence electrons. The molecule has 26 heteroatoms. The minimum absolute atomic E-state index is 0.00998. The Balaban J connectivity index is 1.77. The highest BCUT2D eigenvalue weighted by Crippen LogP contribution is 2.15. The fourth-order valence-electron chi connectivity index (χ4n) is 6.70. The van der Waals surface area contributed by atoms with Gasteiger partial charge in [0.2, 0.25) is 41.4 Å². The molecule has 1 aromatic rings. The molecule has 4 atom stereocenters. The van der Waals surface area contributed by atoms with Gasteiger partial charge in [-0.3, -0.25) is 43.3 Å². The van der Waals surface area contributed by atoms with Gasteiger partial charge in [-0.1, -0.05) is 26.0 Å². The third-order valence-corrected chi connectivity index (χ3v) is 10.4. The number of carboxylic acids is 1. The average Bonchev–Trinajstić information content (AvgIpc) is 3.32. The molecule has 74 heavy (non-hydrogen) atoms. The van der Waals surface area contributed by atoms with Gasteiger partial charge in [-0.2, -0.15) is 0 Å². The number of nitrogens with zero attached hydrogens (tertiary/aromatic N) is 1. The van der Waals surface area contributed by atoms with E-state index in [0.29, 0.717) is 89.9 Å². The van der Waals surface area contributed by atoms with E-state index in [1.54, 1.807) is 58.9 Å². The number of carboxylic acid groups (broad SMARTS) is 1. The van der Waals surface area contributed by atoms with Crippen molar-refractivity contribution in [1.29, 1.82) is 0 Å². The van der Waals surface area contributed by atoms with Gasteiger partial charge in [-0.25, -0.2) is 4.79 Å². The van der Waals surface area contributed by atoms with E-state index >= 15 is 0 Å². The molecule has 0 radical (unpaired) electrons. The van der Waals surface area contributed by atoms with Crippen LogP contribution in [0.25, 0.3) is 0 Å². The Morgan fingerprint density at radius 1 is 0.689 bits per heavy atom. The molecule has 0 aromatic heterocycles. The zero-order valence-corrected chi connectivity index (χ0v) is 43.3. The van der Waals surface area contributed by atoms with Crippen molar-refractivity contribution in [1.82, 2.24) is 42.5 Å². The van der Waals surface area contributed by atoms with Crippen molar-refractivity contribution < 1.29 is 71.9 Å². The number of nitrogens with one attached hydrogen (secondary N) is 8. The van der Waals surface area contributed by atoms with Gasteiger partial charge in [0.15, 0.2) is 5.96 Å². The molecule has 1 fully saturated rings. The summed E-state index contributed by atoms with van der Waals surface area (Å²) in [4.78, 5) is 119. The first-order valence-electron chi connectivity index (χ1n) is 24.8. The minimum atomic E-state index is -1.63. The van der Waals surface area contributed by atoms with E-state index in [2.05, 4.69) is 47.5 Å². The number of hydrogen-bond acceptors (Lipinski definition) is 15. The highest BCUT2D eigenvalue weighted by Gasteiger charge is 2.34. The number of carbonyl (C=O) groups excluding carboxylic acids is 8. The van der Waals surface area contributed by atoms with Crippen LogP contribution >= 0.6 is 0 Å². The van der Waals surface area contributed by atoms with Gasteiger partial charge in [0.1, 0.15) is 35.5 Å². The predicted molar refractivity (Wildman–Crippen MR) is 269 cm³/mol. The molecular weight excluding hydrogens is 971 g/mol. The Morgan fingerprint density at radius 3 is 1.78 bits per heavy atom. The first-order valence-corrected chi connectivity index (χ1v) is 24.8. The standard InChI is InChI=1S/C48H79N11O15/c1-31(2)41-45(68)57-34(10-6-17-53-46(49)50)42(65)55-30-39(62)56-36(29-40(63)64)43(66)58-35(44(67)59-41)28-32-11-13-33(14-12-32)73-23-9-19-52-38(61)16-15-37(60)51-18-7-21-70-24-26-72-27-25-71-22-8-20-54-47(69)74-48(3,4)5/h11-14,31,34-36,41H,6-10,15-30H2,1-5H3,(H,51,60)(H,52,61)(H,54,69)(H,55,65)(H,56,62)(H,57,68)(H,58,66)(H,59,67)(H,63,64)(H4,49,50,53)/t34-,35+,36-,41-/m0/s1. The summed E-state index contributed by atoms with van der Waals surface area (Å²) >= 11 is 0. The summed E-state index contributed by atoms with van der Waals surface area (Å²) in [7, 11) is 0. The van der Waals surface area contributed by atoms with Crippen LogP contribution < -0.4 is 58.7 Å². The largest absolute Gasteiger partial charge is 0.494 e. The number of aliphatic imine (C=N–C) groups is 1. The fourth-order valence-corrected chi connectivity index (χ4v) is 6.70. The van der Waals surface area contributed by atoms with Gasteiger partial charge in [-0.05, 0) is 76.5 Å². The van der Waals surface area contributed by atoms with Crippen molar-refractivity contribution in [3.63, 3.8) is 0 Å². The number of nitrogens with two attached hydrogens (primary N) is 2. The number of rotatable bonds is 31. The Kier molecular flexibility index (Phi) is 30.3. The number of guanidine groups is 1. The van der Waals surface area contributed by atoms with Crippen LogP contribution in [-0.2, 0) is 63.7 Å². The third kappa shape index (κ3) is 29.7. The SMILES string of the molecule is CC(C)[C@@H]1NC(=O)[C@@H](Cc2ccc(OCCCNC(=O)CCC(=O)NCCCOCCOCCOCCCNC(=O)OC(C)(C)C)cc2)NC(=O)[C@H](CC(=O)O)NC(=O)CNC(=O)[C@H](CCCN=C(N)N)NC1=O. The van der Waals surface area contributed by atoms with E-state index in [4.69, 9.17) is 35.2 Å². The monoisotopic (exact) mass is 1050 g/mol. The lowest BCUT2D eigenvalue weighted by Gasteiger charge is -2.27. The second-order valence-electron chi connectivity index (χ2n) is 18.5. The lowest BCUT2D eigenvalue weighted by atomic mass is 9.99. The van der Waals surface area contributed by atoms with Gasteiger partial charge >= 0.3 is 12.1 Å². The zero-order chi connectivity index (χ0) is 54.9. The van der Waals surface area contributed by atoms with Crippen molar-refractivity contribution >= 4 is 59.4 Å². The summed E-state index contributed by atoms with van der Waals surface area (Å²) < 4.78 is 27.4. The van der Waals surface area contributed by atoms with E-state index in [-0.39, 0.29) is 63.0 Å². The molecule has 1 aliphatic heterocycles. The van der Waals surface area contributed by atoms with Gasteiger partial charge in [-0.15, -0.1) is 0 Å². The number of benzene rings is 1. The summed E-state index contributed by atoms with van der Waals surface area (Å²) in [6.45, 7) is 12.1. The molecule has 1 aromatic carbocycles. The Bertz CT molecular complexity index is 1980. The number of alkyl carbamates (subject to hydrolysis) is 1. The van der Waals surface area contributed by atoms with E-state index < -0.39 is 90.3 Å². The predicted octanol–water partition coefficient (Wildman–Crippen LogP) is -1.38. The molecular formula is C48H79N11O15. The molecule has 1 heterocycles. The summed E-state index contributed by atoms with van der Waals surface area (Å²) in [6.07, 6.45) is 0.606. The second kappa shape index (κ2) is 35.4. The van der Waals surface area contributed by atoms with E-state index in [9.17, 15) is 48.3 Å². The molecule has 0 spiro atoms. The quantitative estimate of drug-likeness (QED) is 0.0232. The number of ether oxygens (including phenoxy) is 5. The van der Waals surface area contributed by atoms with Gasteiger partial charge in [0.25, 0.3) is 0 Å². The summed E-state index contributed by atoms with van der Waals surface area (Å²) in [5, 5.41) is 30.2. The zero-order valence-electron chi connectivity index (χ0n) is 43.3. The normalized spacial score (nSPS) is 17.7. The summed E-state index contributed by atoms with van der Waals surface area (Å²) in [6, 6.07) is 1.21. The van der Waals surface area contributed by atoms with Gasteiger partial charge < -0.3 is 82.8 Å². The van der Waals surface area contributed by atoms with Gasteiger partial charge in [0.05, 0.1) is 46.0 Å².